The summed E-state index contributed by atoms with van der Waals surface area (Å²) in [6, 6.07) is 15.4. The van der Waals surface area contributed by atoms with E-state index in [0.29, 0.717) is 5.56 Å². The Morgan fingerprint density at radius 3 is 2.67 bits per heavy atom. The molecule has 1 amide bonds. The summed E-state index contributed by atoms with van der Waals surface area (Å²) in [5.74, 6) is -0.236. The maximum atomic E-state index is 12.5. The highest BCUT2D eigenvalue weighted by atomic mass is 32.1. The zero-order valence-corrected chi connectivity index (χ0v) is 15.6. The average Bonchev–Trinajstić information content (AvgIpc) is 3.41. The van der Waals surface area contributed by atoms with Crippen LogP contribution in [-0.4, -0.2) is 43.0 Å². The zero-order valence-electron chi connectivity index (χ0n) is 14.7. The molecule has 2 aromatic heterocycles. The van der Waals surface area contributed by atoms with E-state index in [1.54, 1.807) is 23.6 Å². The number of para-hydroxylation sites is 1. The van der Waals surface area contributed by atoms with Crippen molar-refractivity contribution < 1.29 is 9.53 Å². The molecule has 0 saturated carbocycles. The van der Waals surface area contributed by atoms with Crippen molar-refractivity contribution in [2.75, 3.05) is 31.2 Å². The largest absolute Gasteiger partial charge is 0.378 e. The Balaban J connectivity index is 1.42. The Morgan fingerprint density at radius 1 is 1.07 bits per heavy atom. The summed E-state index contributed by atoms with van der Waals surface area (Å²) >= 11 is 1.65. The van der Waals surface area contributed by atoms with Gasteiger partial charge in [0, 0.05) is 30.4 Å². The summed E-state index contributed by atoms with van der Waals surface area (Å²) in [5, 5.41) is 5.33. The molecule has 138 valence electrons. The van der Waals surface area contributed by atoms with E-state index in [1.807, 2.05) is 53.4 Å². The van der Waals surface area contributed by atoms with Gasteiger partial charge in [0.2, 0.25) is 0 Å². The van der Waals surface area contributed by atoms with Gasteiger partial charge in [-0.2, -0.15) is 5.10 Å². The van der Waals surface area contributed by atoms with E-state index in [1.165, 1.54) is 5.00 Å². The lowest BCUT2D eigenvalue weighted by atomic mass is 10.1. The third-order valence-corrected chi connectivity index (χ3v) is 5.41. The minimum Gasteiger partial charge on any atom is -0.378 e. The van der Waals surface area contributed by atoms with E-state index < -0.39 is 0 Å². The van der Waals surface area contributed by atoms with Gasteiger partial charge < -0.3 is 14.2 Å². The second kappa shape index (κ2) is 8.20. The molecule has 27 heavy (non-hydrogen) atoms. The number of anilines is 1. The number of rotatable bonds is 5. The molecule has 1 aliphatic rings. The van der Waals surface area contributed by atoms with Crippen molar-refractivity contribution in [3.63, 3.8) is 0 Å². The van der Waals surface area contributed by atoms with Gasteiger partial charge in [-0.3, -0.25) is 4.79 Å². The molecule has 3 aromatic rings. The van der Waals surface area contributed by atoms with Gasteiger partial charge in [-0.1, -0.05) is 12.1 Å². The Labute approximate surface area is 161 Å². The fraction of sp³-hybridized carbons (Fsp3) is 0.200. The molecule has 1 saturated heterocycles. The topological polar surface area (TPSA) is 58.9 Å². The number of hydrogen-bond donors (Lipinski definition) is 1. The zero-order chi connectivity index (χ0) is 18.5. The van der Waals surface area contributed by atoms with E-state index in [2.05, 4.69) is 21.5 Å². The van der Waals surface area contributed by atoms with Crippen molar-refractivity contribution in [3.05, 3.63) is 71.4 Å². The predicted molar refractivity (Wildman–Crippen MR) is 108 cm³/mol. The first-order valence-electron chi connectivity index (χ1n) is 8.79. The molecule has 7 heteroatoms. The van der Waals surface area contributed by atoms with Crippen LogP contribution in [0.4, 0.5) is 5.00 Å². The van der Waals surface area contributed by atoms with Crippen LogP contribution in [0.1, 0.15) is 15.2 Å². The summed E-state index contributed by atoms with van der Waals surface area (Å²) in [4.78, 5) is 15.8. The third-order valence-electron chi connectivity index (χ3n) is 4.32. The average molecular weight is 380 g/mol. The number of hydrogen-bond acceptors (Lipinski definition) is 5. The SMILES string of the molecule is O=C(N/N=C\c1ccc(N2CCOCC2)s1)c1ccccc1-n1cccc1. The molecule has 6 nitrogen and oxygen atoms in total. The van der Waals surface area contributed by atoms with Crippen LogP contribution in [0, 0.1) is 0 Å². The molecular weight excluding hydrogens is 360 g/mol. The minimum absolute atomic E-state index is 0.236. The van der Waals surface area contributed by atoms with Gasteiger partial charge >= 0.3 is 0 Å². The summed E-state index contributed by atoms with van der Waals surface area (Å²) in [7, 11) is 0. The number of thiophene rings is 1. The van der Waals surface area contributed by atoms with Crippen molar-refractivity contribution in [1.29, 1.82) is 0 Å². The first-order chi connectivity index (χ1) is 13.3. The van der Waals surface area contributed by atoms with Crippen LogP contribution in [-0.2, 0) is 4.74 Å². The molecule has 1 aliphatic heterocycles. The number of benzene rings is 1. The molecular formula is C20H20N4O2S. The number of amides is 1. The third kappa shape index (κ3) is 4.10. The molecule has 4 rings (SSSR count). The van der Waals surface area contributed by atoms with E-state index in [0.717, 1.165) is 36.9 Å². The van der Waals surface area contributed by atoms with E-state index in [9.17, 15) is 4.79 Å². The van der Waals surface area contributed by atoms with Gasteiger partial charge in [0.15, 0.2) is 0 Å². The van der Waals surface area contributed by atoms with Gasteiger partial charge in [-0.15, -0.1) is 11.3 Å². The monoisotopic (exact) mass is 380 g/mol. The number of hydrazone groups is 1. The Morgan fingerprint density at radius 2 is 1.85 bits per heavy atom. The van der Waals surface area contributed by atoms with E-state index in [-0.39, 0.29) is 5.91 Å². The number of morpholine rings is 1. The number of aromatic nitrogens is 1. The lowest BCUT2D eigenvalue weighted by Crippen LogP contribution is -2.35. The lowest BCUT2D eigenvalue weighted by Gasteiger charge is -2.27. The summed E-state index contributed by atoms with van der Waals surface area (Å²) < 4.78 is 7.29. The summed E-state index contributed by atoms with van der Waals surface area (Å²) in [6.45, 7) is 3.34. The van der Waals surface area contributed by atoms with Crippen LogP contribution in [0.25, 0.3) is 5.69 Å². The van der Waals surface area contributed by atoms with Gasteiger partial charge in [0.25, 0.3) is 5.91 Å². The summed E-state index contributed by atoms with van der Waals surface area (Å²) in [5.41, 5.74) is 4.02. The van der Waals surface area contributed by atoms with Gasteiger partial charge in [-0.05, 0) is 36.4 Å². The van der Waals surface area contributed by atoms with Crippen LogP contribution >= 0.6 is 11.3 Å². The van der Waals surface area contributed by atoms with Crippen LogP contribution < -0.4 is 10.3 Å². The highest BCUT2D eigenvalue weighted by Crippen LogP contribution is 2.25. The van der Waals surface area contributed by atoms with Gasteiger partial charge in [0.05, 0.1) is 35.7 Å². The smallest absolute Gasteiger partial charge is 0.273 e. The van der Waals surface area contributed by atoms with Crippen LogP contribution in [0.2, 0.25) is 0 Å². The van der Waals surface area contributed by atoms with Crippen molar-refractivity contribution in [2.24, 2.45) is 5.10 Å². The molecule has 1 fully saturated rings. The number of nitrogens with zero attached hydrogens (tertiary/aromatic N) is 3. The number of carbonyl (C=O) groups is 1. The normalized spacial score (nSPS) is 14.6. The molecule has 0 aliphatic carbocycles. The molecule has 0 spiro atoms. The highest BCUT2D eigenvalue weighted by Gasteiger charge is 2.13. The van der Waals surface area contributed by atoms with Gasteiger partial charge in [-0.25, -0.2) is 5.43 Å². The Bertz CT molecular complexity index is 927. The van der Waals surface area contributed by atoms with Crippen molar-refractivity contribution in [1.82, 2.24) is 9.99 Å². The minimum atomic E-state index is -0.236. The molecule has 0 bridgehead atoms. The molecule has 0 radical (unpaired) electrons. The second-order valence-corrected chi connectivity index (χ2v) is 7.18. The predicted octanol–water partition coefficient (Wildman–Crippen LogP) is 3.14. The maximum Gasteiger partial charge on any atom is 0.273 e. The van der Waals surface area contributed by atoms with Crippen molar-refractivity contribution >= 4 is 28.5 Å². The first-order valence-corrected chi connectivity index (χ1v) is 9.61. The fourth-order valence-electron chi connectivity index (χ4n) is 2.97. The van der Waals surface area contributed by atoms with Crippen LogP contribution in [0.5, 0.6) is 0 Å². The Hall–Kier alpha value is -2.90. The maximum absolute atomic E-state index is 12.5. The van der Waals surface area contributed by atoms with Crippen molar-refractivity contribution in [3.8, 4) is 5.69 Å². The van der Waals surface area contributed by atoms with Crippen LogP contribution in [0.15, 0.2) is 66.0 Å². The number of ether oxygens (including phenoxy) is 1. The molecule has 0 atom stereocenters. The van der Waals surface area contributed by atoms with Crippen molar-refractivity contribution in [2.45, 2.75) is 0 Å². The van der Waals surface area contributed by atoms with E-state index >= 15 is 0 Å². The number of carbonyl (C=O) groups excluding carboxylic acids is 1. The fourth-order valence-corrected chi connectivity index (χ4v) is 3.90. The standard InChI is InChI=1S/C20H20N4O2S/c25-20(17-5-1-2-6-18(17)23-9-3-4-10-23)22-21-15-16-7-8-19(27-16)24-11-13-26-14-12-24/h1-10,15H,11-14H2,(H,22,25)/b21-15-. The molecule has 1 aromatic carbocycles. The molecule has 0 unspecified atom stereocenters. The van der Waals surface area contributed by atoms with Gasteiger partial charge in [0.1, 0.15) is 0 Å². The Kier molecular flexibility index (Phi) is 5.32. The van der Waals surface area contributed by atoms with E-state index in [4.69, 9.17) is 4.74 Å². The number of nitrogens with one attached hydrogen (secondary N) is 1. The highest BCUT2D eigenvalue weighted by molar-refractivity contribution is 7.17. The van der Waals surface area contributed by atoms with Crippen LogP contribution in [0.3, 0.4) is 0 Å². The molecule has 1 N–H and O–H groups in total. The second-order valence-electron chi connectivity index (χ2n) is 6.08. The first kappa shape index (κ1) is 17.5. The lowest BCUT2D eigenvalue weighted by molar-refractivity contribution is 0.0955. The quantitative estimate of drug-likeness (QED) is 0.546. The molecule has 3 heterocycles. The summed E-state index contributed by atoms with van der Waals surface area (Å²) in [6.07, 6.45) is 5.51.